The number of ketones is 1. The fourth-order valence-corrected chi connectivity index (χ4v) is 1.70. The van der Waals surface area contributed by atoms with E-state index in [1.54, 1.807) is 6.07 Å². The molecule has 0 radical (unpaired) electrons. The summed E-state index contributed by atoms with van der Waals surface area (Å²) in [6.45, 7) is 3.96. The molecule has 0 N–H and O–H groups in total. The third-order valence-electron chi connectivity index (χ3n) is 2.33. The highest BCUT2D eigenvalue weighted by Crippen LogP contribution is 2.13. The average Bonchev–Trinajstić information content (AvgIpc) is 2.28. The van der Waals surface area contributed by atoms with Gasteiger partial charge in [0.15, 0.2) is 5.78 Å². The zero-order chi connectivity index (χ0) is 11.5. The fourth-order valence-electron chi connectivity index (χ4n) is 1.70. The van der Waals surface area contributed by atoms with Crippen molar-refractivity contribution in [2.75, 3.05) is 0 Å². The van der Waals surface area contributed by atoms with Crippen LogP contribution in [0.25, 0.3) is 0 Å². The van der Waals surface area contributed by atoms with Crippen molar-refractivity contribution in [3.63, 3.8) is 0 Å². The van der Waals surface area contributed by atoms with Crippen molar-refractivity contribution in [1.29, 1.82) is 0 Å². The summed E-state index contributed by atoms with van der Waals surface area (Å²) in [5, 5.41) is 7.36. The molecule has 0 aliphatic heterocycles. The Balaban J connectivity index is 2.42. The lowest BCUT2D eigenvalue weighted by molar-refractivity contribution is 0.103. The highest BCUT2D eigenvalue weighted by Gasteiger charge is 2.09. The number of carbonyl (C=O) groups is 1. The molecule has 0 unspecified atom stereocenters. The van der Waals surface area contributed by atoms with E-state index in [4.69, 9.17) is 0 Å². The minimum atomic E-state index is -0.0123. The van der Waals surface area contributed by atoms with Crippen molar-refractivity contribution in [1.82, 2.24) is 10.2 Å². The summed E-state index contributed by atoms with van der Waals surface area (Å²) in [5.74, 6) is -0.0123. The molecule has 0 aliphatic carbocycles. The van der Waals surface area contributed by atoms with Gasteiger partial charge in [-0.05, 0) is 32.0 Å². The predicted molar refractivity (Wildman–Crippen MR) is 61.4 cm³/mol. The monoisotopic (exact) mass is 212 g/mol. The molecule has 0 fully saturated rings. The third-order valence-corrected chi connectivity index (χ3v) is 2.33. The first-order chi connectivity index (χ1) is 7.66. The van der Waals surface area contributed by atoms with Gasteiger partial charge in [-0.15, -0.1) is 0 Å². The maximum absolute atomic E-state index is 12.1. The maximum Gasteiger partial charge on any atom is 0.194 e. The van der Waals surface area contributed by atoms with E-state index in [1.165, 1.54) is 12.4 Å². The van der Waals surface area contributed by atoms with E-state index < -0.39 is 0 Å². The quantitative estimate of drug-likeness (QED) is 0.717. The zero-order valence-corrected chi connectivity index (χ0v) is 9.27. The Hall–Kier alpha value is -2.03. The second-order valence-electron chi connectivity index (χ2n) is 3.84. The van der Waals surface area contributed by atoms with E-state index in [-0.39, 0.29) is 5.78 Å². The van der Waals surface area contributed by atoms with Gasteiger partial charge < -0.3 is 0 Å². The first-order valence-electron chi connectivity index (χ1n) is 5.06. The van der Waals surface area contributed by atoms with Gasteiger partial charge in [0.2, 0.25) is 0 Å². The molecule has 1 aromatic carbocycles. The average molecular weight is 212 g/mol. The van der Waals surface area contributed by atoms with E-state index >= 15 is 0 Å². The van der Waals surface area contributed by atoms with Gasteiger partial charge in [0.05, 0.1) is 12.4 Å². The summed E-state index contributed by atoms with van der Waals surface area (Å²) < 4.78 is 0. The summed E-state index contributed by atoms with van der Waals surface area (Å²) >= 11 is 0. The van der Waals surface area contributed by atoms with Crippen molar-refractivity contribution in [2.45, 2.75) is 13.8 Å². The van der Waals surface area contributed by atoms with Crippen LogP contribution in [0.1, 0.15) is 27.0 Å². The summed E-state index contributed by atoms with van der Waals surface area (Å²) in [7, 11) is 0. The van der Waals surface area contributed by atoms with E-state index in [0.717, 1.165) is 11.1 Å². The molecule has 3 nitrogen and oxygen atoms in total. The first-order valence-corrected chi connectivity index (χ1v) is 5.06. The molecule has 0 aliphatic rings. The van der Waals surface area contributed by atoms with Gasteiger partial charge in [-0.2, -0.15) is 10.2 Å². The van der Waals surface area contributed by atoms with Gasteiger partial charge in [0.1, 0.15) is 0 Å². The van der Waals surface area contributed by atoms with Gasteiger partial charge in [0.25, 0.3) is 0 Å². The van der Waals surface area contributed by atoms with Gasteiger partial charge >= 0.3 is 0 Å². The molecule has 2 aromatic rings. The predicted octanol–water partition coefficient (Wildman–Crippen LogP) is 2.32. The lowest BCUT2D eigenvalue weighted by Gasteiger charge is -2.03. The van der Waals surface area contributed by atoms with Crippen LogP contribution < -0.4 is 0 Å². The van der Waals surface area contributed by atoms with Gasteiger partial charge in [0, 0.05) is 11.1 Å². The Kier molecular flexibility index (Phi) is 2.77. The zero-order valence-electron chi connectivity index (χ0n) is 9.27. The van der Waals surface area contributed by atoms with Crippen LogP contribution in [-0.4, -0.2) is 16.0 Å². The van der Waals surface area contributed by atoms with Crippen molar-refractivity contribution < 1.29 is 4.79 Å². The number of rotatable bonds is 2. The highest BCUT2D eigenvalue weighted by molar-refractivity contribution is 6.08. The fraction of sp³-hybridized carbons (Fsp3) is 0.154. The molecule has 0 saturated carbocycles. The van der Waals surface area contributed by atoms with Crippen molar-refractivity contribution in [3.8, 4) is 0 Å². The SMILES string of the molecule is Cc1cc(C)cc(C(=O)c2ccnnc2)c1. The molecule has 16 heavy (non-hydrogen) atoms. The lowest BCUT2D eigenvalue weighted by atomic mass is 10.0. The van der Waals surface area contributed by atoms with Crippen molar-refractivity contribution in [3.05, 3.63) is 58.9 Å². The van der Waals surface area contributed by atoms with Crippen molar-refractivity contribution in [2.24, 2.45) is 0 Å². The second kappa shape index (κ2) is 4.23. The van der Waals surface area contributed by atoms with Crippen LogP contribution in [0.15, 0.2) is 36.7 Å². The molecule has 1 heterocycles. The summed E-state index contributed by atoms with van der Waals surface area (Å²) in [6, 6.07) is 7.49. The third kappa shape index (κ3) is 2.14. The normalized spacial score (nSPS) is 10.1. The maximum atomic E-state index is 12.1. The lowest BCUT2D eigenvalue weighted by Crippen LogP contribution is -2.03. The van der Waals surface area contributed by atoms with Gasteiger partial charge in [-0.1, -0.05) is 17.2 Å². The Morgan fingerprint density at radius 3 is 2.25 bits per heavy atom. The Morgan fingerprint density at radius 2 is 1.69 bits per heavy atom. The number of aryl methyl sites for hydroxylation is 2. The topological polar surface area (TPSA) is 42.9 Å². The number of carbonyl (C=O) groups excluding carboxylic acids is 1. The molecule has 0 bridgehead atoms. The number of benzene rings is 1. The van der Waals surface area contributed by atoms with Crippen LogP contribution >= 0.6 is 0 Å². The first kappa shape index (κ1) is 10.5. The number of aromatic nitrogens is 2. The molecule has 0 saturated heterocycles. The van der Waals surface area contributed by atoms with E-state index in [9.17, 15) is 4.79 Å². The Bertz CT molecular complexity index is 500. The smallest absolute Gasteiger partial charge is 0.194 e. The summed E-state index contributed by atoms with van der Waals surface area (Å²) in [6.07, 6.45) is 3.01. The van der Waals surface area contributed by atoms with Crippen molar-refractivity contribution >= 4 is 5.78 Å². The largest absolute Gasteiger partial charge is 0.289 e. The summed E-state index contributed by atoms with van der Waals surface area (Å²) in [5.41, 5.74) is 3.45. The van der Waals surface area contributed by atoms with E-state index in [1.807, 2.05) is 32.0 Å². The molecular formula is C13H12N2O. The van der Waals surface area contributed by atoms with Crippen LogP contribution in [0.4, 0.5) is 0 Å². The molecule has 1 aromatic heterocycles. The Labute approximate surface area is 94.2 Å². The van der Waals surface area contributed by atoms with Crippen LogP contribution in [0.3, 0.4) is 0 Å². The number of nitrogens with zero attached hydrogens (tertiary/aromatic N) is 2. The van der Waals surface area contributed by atoms with E-state index in [0.29, 0.717) is 11.1 Å². The molecule has 0 atom stereocenters. The standard InChI is InChI=1S/C13H12N2O/c1-9-5-10(2)7-12(6-9)13(16)11-3-4-14-15-8-11/h3-8H,1-2H3. The minimum absolute atomic E-state index is 0.0123. The molecule has 3 heteroatoms. The van der Waals surface area contributed by atoms with Crippen LogP contribution in [0.5, 0.6) is 0 Å². The molecule has 2 rings (SSSR count). The number of hydrogen-bond donors (Lipinski definition) is 0. The number of hydrogen-bond acceptors (Lipinski definition) is 3. The summed E-state index contributed by atoms with van der Waals surface area (Å²) in [4.78, 5) is 12.1. The van der Waals surface area contributed by atoms with Crippen LogP contribution in [-0.2, 0) is 0 Å². The molecule has 0 spiro atoms. The van der Waals surface area contributed by atoms with Crippen LogP contribution in [0.2, 0.25) is 0 Å². The molecule has 0 amide bonds. The minimum Gasteiger partial charge on any atom is -0.289 e. The molecule has 80 valence electrons. The Morgan fingerprint density at radius 1 is 1.00 bits per heavy atom. The van der Waals surface area contributed by atoms with Gasteiger partial charge in [-0.25, -0.2) is 0 Å². The van der Waals surface area contributed by atoms with Crippen LogP contribution in [0, 0.1) is 13.8 Å². The van der Waals surface area contributed by atoms with Gasteiger partial charge in [-0.3, -0.25) is 4.79 Å². The van der Waals surface area contributed by atoms with E-state index in [2.05, 4.69) is 10.2 Å². The second-order valence-corrected chi connectivity index (χ2v) is 3.84. The highest BCUT2D eigenvalue weighted by atomic mass is 16.1. The molecular weight excluding hydrogens is 200 g/mol.